The van der Waals surface area contributed by atoms with Crippen molar-refractivity contribution >= 4 is 34.9 Å². The molecule has 0 saturated carbocycles. The van der Waals surface area contributed by atoms with E-state index in [2.05, 4.69) is 86.3 Å². The first-order valence-corrected chi connectivity index (χ1v) is 16.1. The van der Waals surface area contributed by atoms with Crippen molar-refractivity contribution in [1.82, 2.24) is 30.4 Å². The number of aryl methyl sites for hydroxylation is 1. The van der Waals surface area contributed by atoms with Crippen LogP contribution < -0.4 is 5.32 Å². The lowest BCUT2D eigenvalue weighted by atomic mass is 9.68. The highest BCUT2D eigenvalue weighted by atomic mass is 35.5. The molecule has 0 aliphatic carbocycles. The Morgan fingerprint density at radius 3 is 2.20 bits per heavy atom. The maximum absolute atomic E-state index is 13.2. The molecule has 11 heteroatoms. The predicted molar refractivity (Wildman–Crippen MR) is 178 cm³/mol. The number of hydrogen-bond acceptors (Lipinski definition) is 8. The first kappa shape index (κ1) is 31.8. The van der Waals surface area contributed by atoms with Gasteiger partial charge in [0.25, 0.3) is 0 Å². The largest absolute Gasteiger partial charge is 0.513 e. The molecular weight excluding hydrogens is 623 g/mol. The standard InChI is InChI=1S/C35H36Cl2N6O3/c1-23-29(33-39-41-42(3)40-33)30(27-15-10-16-28(36)31(27)37)32(24(2)38-23)46-34(44)45-22-21-43-19-17-35(18-20-43,25-11-6-4-7-12-25)26-13-8-5-9-14-26/h4-16,30,38H,17-22H2,1-3H3. The molecule has 0 radical (unpaired) electrons. The van der Waals surface area contributed by atoms with Gasteiger partial charge >= 0.3 is 6.16 Å². The van der Waals surface area contributed by atoms with Gasteiger partial charge in [-0.3, -0.25) is 4.90 Å². The normalized spacial score (nSPS) is 18.3. The molecule has 0 bridgehead atoms. The number of halogens is 2. The second-order valence-electron chi connectivity index (χ2n) is 11.7. The van der Waals surface area contributed by atoms with E-state index in [9.17, 15) is 4.79 Å². The summed E-state index contributed by atoms with van der Waals surface area (Å²) in [5.74, 6) is 0.0776. The SMILES string of the molecule is CC1=C(OC(=O)OCCN2CCC(c3ccccc3)(c3ccccc3)CC2)C(c2cccc(Cl)c2Cl)C(c2nnn(C)n2)=C(C)N1. The van der Waals surface area contributed by atoms with Gasteiger partial charge in [0.1, 0.15) is 12.4 Å². The van der Waals surface area contributed by atoms with Gasteiger partial charge in [-0.05, 0) is 67.7 Å². The van der Waals surface area contributed by atoms with Crippen LogP contribution in [0.2, 0.25) is 10.0 Å². The molecule has 1 atom stereocenters. The fourth-order valence-corrected chi connectivity index (χ4v) is 7.05. The summed E-state index contributed by atoms with van der Waals surface area (Å²) in [6.07, 6.45) is 1.14. The minimum absolute atomic E-state index is 0.0469. The molecule has 9 nitrogen and oxygen atoms in total. The highest BCUT2D eigenvalue weighted by Crippen LogP contribution is 2.46. The van der Waals surface area contributed by atoms with Gasteiger partial charge in [-0.15, -0.1) is 10.2 Å². The number of nitrogens with one attached hydrogen (secondary N) is 1. The first-order valence-electron chi connectivity index (χ1n) is 15.3. The second kappa shape index (κ2) is 13.7. The first-order chi connectivity index (χ1) is 22.3. The van der Waals surface area contributed by atoms with Crippen molar-refractivity contribution in [3.8, 4) is 0 Å². The van der Waals surface area contributed by atoms with Crippen LogP contribution in [0.25, 0.3) is 5.57 Å². The van der Waals surface area contributed by atoms with Gasteiger partial charge in [0.15, 0.2) is 0 Å². The summed E-state index contributed by atoms with van der Waals surface area (Å²) in [6.45, 7) is 6.28. The zero-order valence-electron chi connectivity index (χ0n) is 26.0. The molecule has 1 aromatic heterocycles. The maximum atomic E-state index is 13.2. The number of hydrogen-bond donors (Lipinski definition) is 1. The second-order valence-corrected chi connectivity index (χ2v) is 12.5. The summed E-state index contributed by atoms with van der Waals surface area (Å²) in [5.41, 5.74) is 5.35. The van der Waals surface area contributed by atoms with Gasteiger partial charge in [-0.2, -0.15) is 4.80 Å². The highest BCUT2D eigenvalue weighted by molar-refractivity contribution is 6.42. The number of aromatic nitrogens is 4. The Hall–Kier alpha value is -4.18. The summed E-state index contributed by atoms with van der Waals surface area (Å²) in [4.78, 5) is 16.9. The van der Waals surface area contributed by atoms with Crippen molar-refractivity contribution in [3.05, 3.63) is 129 Å². The van der Waals surface area contributed by atoms with Gasteiger partial charge in [-0.1, -0.05) is 96.0 Å². The topological polar surface area (TPSA) is 94.4 Å². The maximum Gasteiger partial charge on any atom is 0.513 e. The number of carbonyl (C=O) groups excluding carboxylic acids is 1. The molecule has 0 amide bonds. The van der Waals surface area contributed by atoms with Crippen molar-refractivity contribution < 1.29 is 14.3 Å². The molecule has 6 rings (SSSR count). The van der Waals surface area contributed by atoms with Crippen molar-refractivity contribution in [3.63, 3.8) is 0 Å². The molecule has 46 heavy (non-hydrogen) atoms. The van der Waals surface area contributed by atoms with Crippen LogP contribution in [0.15, 0.2) is 96.0 Å². The van der Waals surface area contributed by atoms with E-state index in [0.29, 0.717) is 45.0 Å². The summed E-state index contributed by atoms with van der Waals surface area (Å²) >= 11 is 13.1. The van der Waals surface area contributed by atoms with Crippen LogP contribution in [0.5, 0.6) is 0 Å². The summed E-state index contributed by atoms with van der Waals surface area (Å²) in [5, 5.41) is 16.7. The number of allylic oxidation sites excluding steroid dienone is 3. The van der Waals surface area contributed by atoms with Crippen molar-refractivity contribution in [2.45, 2.75) is 38.0 Å². The number of piperidine rings is 1. The Kier molecular flexibility index (Phi) is 9.44. The third-order valence-corrected chi connectivity index (χ3v) is 9.76. The van der Waals surface area contributed by atoms with Crippen LogP contribution in [0.4, 0.5) is 4.79 Å². The van der Waals surface area contributed by atoms with Crippen molar-refractivity contribution in [1.29, 1.82) is 0 Å². The minimum Gasteiger partial charge on any atom is -0.433 e. The Morgan fingerprint density at radius 2 is 1.59 bits per heavy atom. The molecule has 2 aliphatic heterocycles. The van der Waals surface area contributed by atoms with Crippen LogP contribution in [0, 0.1) is 0 Å². The monoisotopic (exact) mass is 658 g/mol. The van der Waals surface area contributed by atoms with Gasteiger partial charge < -0.3 is 14.8 Å². The molecule has 3 heterocycles. The molecule has 3 aromatic carbocycles. The van der Waals surface area contributed by atoms with Gasteiger partial charge in [0, 0.05) is 23.2 Å². The Labute approximate surface area is 278 Å². The van der Waals surface area contributed by atoms with Crippen LogP contribution >= 0.6 is 23.2 Å². The van der Waals surface area contributed by atoms with E-state index < -0.39 is 12.1 Å². The smallest absolute Gasteiger partial charge is 0.433 e. The number of ether oxygens (including phenoxy) is 2. The Morgan fingerprint density at radius 1 is 0.935 bits per heavy atom. The van der Waals surface area contributed by atoms with Crippen LogP contribution in [-0.2, 0) is 21.9 Å². The summed E-state index contributed by atoms with van der Waals surface area (Å²) in [6, 6.07) is 26.8. The number of likely N-dealkylation sites (tertiary alicyclic amines) is 1. The molecule has 4 aromatic rings. The van der Waals surface area contributed by atoms with E-state index in [-0.39, 0.29) is 12.0 Å². The number of dihydropyridines is 1. The molecule has 1 fully saturated rings. The third-order valence-electron chi connectivity index (χ3n) is 8.92. The van der Waals surface area contributed by atoms with E-state index in [0.717, 1.165) is 31.6 Å². The number of benzene rings is 3. The third kappa shape index (κ3) is 6.40. The summed E-state index contributed by atoms with van der Waals surface area (Å²) in [7, 11) is 1.69. The molecule has 1 unspecified atom stereocenters. The minimum atomic E-state index is -0.801. The van der Waals surface area contributed by atoms with E-state index in [4.69, 9.17) is 32.7 Å². The van der Waals surface area contributed by atoms with E-state index in [1.54, 1.807) is 19.2 Å². The number of tetrazole rings is 1. The number of rotatable bonds is 8. The van der Waals surface area contributed by atoms with Gasteiger partial charge in [-0.25, -0.2) is 4.79 Å². The molecule has 1 N–H and O–H groups in total. The van der Waals surface area contributed by atoms with E-state index in [1.165, 1.54) is 15.9 Å². The average Bonchev–Trinajstić information content (AvgIpc) is 3.50. The quantitative estimate of drug-likeness (QED) is 0.200. The zero-order chi connectivity index (χ0) is 32.3. The van der Waals surface area contributed by atoms with Crippen molar-refractivity contribution in [2.75, 3.05) is 26.2 Å². The lowest BCUT2D eigenvalue weighted by Gasteiger charge is -2.43. The van der Waals surface area contributed by atoms with Gasteiger partial charge in [0.05, 0.1) is 28.7 Å². The van der Waals surface area contributed by atoms with Crippen molar-refractivity contribution in [2.24, 2.45) is 7.05 Å². The zero-order valence-corrected chi connectivity index (χ0v) is 27.6. The fourth-order valence-electron chi connectivity index (χ4n) is 6.63. The van der Waals surface area contributed by atoms with Crippen LogP contribution in [-0.4, -0.2) is 57.5 Å². The average molecular weight is 660 g/mol. The van der Waals surface area contributed by atoms with E-state index in [1.807, 2.05) is 19.9 Å². The summed E-state index contributed by atoms with van der Waals surface area (Å²) < 4.78 is 11.6. The Balaban J connectivity index is 1.14. The molecule has 0 spiro atoms. The lowest BCUT2D eigenvalue weighted by molar-refractivity contribution is 0.0593. The molecule has 1 saturated heterocycles. The highest BCUT2D eigenvalue weighted by Gasteiger charge is 2.39. The molecular formula is C35H36Cl2N6O3. The van der Waals surface area contributed by atoms with E-state index >= 15 is 0 Å². The van der Waals surface area contributed by atoms with Crippen LogP contribution in [0.3, 0.4) is 0 Å². The molecule has 2 aliphatic rings. The van der Waals surface area contributed by atoms with Crippen LogP contribution in [0.1, 0.15) is 55.1 Å². The predicted octanol–water partition coefficient (Wildman–Crippen LogP) is 7.10. The number of carbonyl (C=O) groups is 1. The molecule has 238 valence electrons. The Bertz CT molecular complexity index is 1720. The fraction of sp³-hybridized carbons (Fsp3) is 0.314. The lowest BCUT2D eigenvalue weighted by Crippen LogP contribution is -2.44. The van der Waals surface area contributed by atoms with Gasteiger partial charge in [0.2, 0.25) is 5.82 Å². The number of nitrogens with zero attached hydrogens (tertiary/aromatic N) is 5.